The van der Waals surface area contributed by atoms with Crippen LogP contribution >= 0.6 is 0 Å². The van der Waals surface area contributed by atoms with E-state index < -0.39 is 5.41 Å². The van der Waals surface area contributed by atoms with E-state index in [1.165, 1.54) is 0 Å². The van der Waals surface area contributed by atoms with E-state index in [9.17, 15) is 0 Å². The first-order chi connectivity index (χ1) is 10.1. The van der Waals surface area contributed by atoms with Crippen molar-refractivity contribution in [2.24, 2.45) is 0 Å². The molecule has 3 rings (SSSR count). The maximum atomic E-state index is 5.63. The normalized spacial score (nSPS) is 14.2. The molecule has 21 heavy (non-hydrogen) atoms. The van der Waals surface area contributed by atoms with Gasteiger partial charge >= 0.3 is 0 Å². The molecule has 6 nitrogen and oxygen atoms in total. The van der Waals surface area contributed by atoms with Crippen LogP contribution in [0.1, 0.15) is 31.1 Å². The number of ether oxygens (including phenoxy) is 3. The summed E-state index contributed by atoms with van der Waals surface area (Å²) in [4.78, 5) is 4.39. The molecule has 1 aliphatic rings. The van der Waals surface area contributed by atoms with Crippen LogP contribution in [0.2, 0.25) is 0 Å². The predicted octanol–water partition coefficient (Wildman–Crippen LogP) is 2.31. The largest absolute Gasteiger partial charge is 0.486 e. The van der Waals surface area contributed by atoms with Crippen LogP contribution in [0, 0.1) is 0 Å². The van der Waals surface area contributed by atoms with E-state index >= 15 is 0 Å². The Balaban J connectivity index is 1.92. The molecule has 112 valence electrons. The van der Waals surface area contributed by atoms with Gasteiger partial charge in [-0.15, -0.1) is 0 Å². The quantitative estimate of drug-likeness (QED) is 0.861. The van der Waals surface area contributed by atoms with Crippen molar-refractivity contribution in [3.8, 4) is 11.5 Å². The molecule has 0 atom stereocenters. The van der Waals surface area contributed by atoms with Crippen LogP contribution in [-0.4, -0.2) is 30.5 Å². The van der Waals surface area contributed by atoms with Gasteiger partial charge in [0.15, 0.2) is 17.3 Å². The lowest BCUT2D eigenvalue weighted by Crippen LogP contribution is -2.21. The molecule has 0 saturated heterocycles. The van der Waals surface area contributed by atoms with E-state index in [2.05, 4.69) is 10.1 Å². The van der Waals surface area contributed by atoms with E-state index in [1.54, 1.807) is 7.11 Å². The molecular weight excluding hydrogens is 272 g/mol. The number of methoxy groups -OCH3 is 1. The maximum absolute atomic E-state index is 5.63. The number of aromatic nitrogens is 2. The molecule has 2 aromatic rings. The summed E-state index contributed by atoms with van der Waals surface area (Å²) in [6.07, 6.45) is 0. The second kappa shape index (κ2) is 5.37. The summed E-state index contributed by atoms with van der Waals surface area (Å²) in [5.41, 5.74) is 0.605. The molecule has 0 fully saturated rings. The average Bonchev–Trinajstić information content (AvgIpc) is 2.96. The molecule has 1 aromatic heterocycles. The molecule has 0 unspecified atom stereocenters. The smallest absolute Gasteiger partial charge is 0.236 e. The summed E-state index contributed by atoms with van der Waals surface area (Å²) >= 11 is 0. The van der Waals surface area contributed by atoms with Crippen molar-refractivity contribution < 1.29 is 18.7 Å². The van der Waals surface area contributed by atoms with Crippen LogP contribution < -0.4 is 9.47 Å². The lowest BCUT2D eigenvalue weighted by atomic mass is 9.84. The average molecular weight is 290 g/mol. The van der Waals surface area contributed by atoms with Crippen molar-refractivity contribution in [3.05, 3.63) is 35.5 Å². The molecule has 0 amide bonds. The van der Waals surface area contributed by atoms with Gasteiger partial charge in [-0.1, -0.05) is 11.2 Å². The van der Waals surface area contributed by atoms with Gasteiger partial charge in [0.25, 0.3) is 0 Å². The van der Waals surface area contributed by atoms with Crippen molar-refractivity contribution in [3.63, 3.8) is 0 Å². The van der Waals surface area contributed by atoms with Crippen molar-refractivity contribution in [1.29, 1.82) is 0 Å². The van der Waals surface area contributed by atoms with Crippen molar-refractivity contribution in [2.75, 3.05) is 20.3 Å². The predicted molar refractivity (Wildman–Crippen MR) is 74.6 cm³/mol. The summed E-state index contributed by atoms with van der Waals surface area (Å²) in [6.45, 7) is 5.54. The van der Waals surface area contributed by atoms with Gasteiger partial charge in [0.2, 0.25) is 5.89 Å². The number of hydrogen-bond acceptors (Lipinski definition) is 6. The first kappa shape index (κ1) is 13.9. The Labute approximate surface area is 123 Å². The first-order valence-electron chi connectivity index (χ1n) is 6.83. The lowest BCUT2D eigenvalue weighted by molar-refractivity contribution is 0.171. The number of hydrogen-bond donors (Lipinski definition) is 0. The standard InChI is InChI=1S/C15H18N2O4/c1-15(2,14-16-13(9-18-3)17-21-14)10-4-5-11-12(8-10)20-7-6-19-11/h4-5,8H,6-7,9H2,1-3H3. The van der Waals surface area contributed by atoms with Crippen LogP contribution in [0.4, 0.5) is 0 Å². The van der Waals surface area contributed by atoms with Crippen LogP contribution in [-0.2, 0) is 16.8 Å². The minimum Gasteiger partial charge on any atom is -0.486 e. The van der Waals surface area contributed by atoms with E-state index in [0.29, 0.717) is 31.5 Å². The summed E-state index contributed by atoms with van der Waals surface area (Å²) in [5.74, 6) is 2.61. The Morgan fingerprint density at radius 1 is 1.19 bits per heavy atom. The highest BCUT2D eigenvalue weighted by Gasteiger charge is 2.31. The van der Waals surface area contributed by atoms with Gasteiger partial charge in [0, 0.05) is 7.11 Å². The third-order valence-corrected chi connectivity index (χ3v) is 3.54. The van der Waals surface area contributed by atoms with Gasteiger partial charge in [-0.25, -0.2) is 0 Å². The van der Waals surface area contributed by atoms with Crippen molar-refractivity contribution in [2.45, 2.75) is 25.9 Å². The zero-order valence-corrected chi connectivity index (χ0v) is 12.4. The molecule has 0 bridgehead atoms. The number of fused-ring (bicyclic) bond motifs is 1. The van der Waals surface area contributed by atoms with Crippen molar-refractivity contribution >= 4 is 0 Å². The summed E-state index contributed by atoms with van der Waals surface area (Å²) < 4.78 is 21.5. The monoisotopic (exact) mass is 290 g/mol. The van der Waals surface area contributed by atoms with Crippen LogP contribution in [0.15, 0.2) is 22.7 Å². The molecule has 6 heteroatoms. The Morgan fingerprint density at radius 3 is 2.71 bits per heavy atom. The molecule has 0 saturated carbocycles. The van der Waals surface area contributed by atoms with E-state index in [-0.39, 0.29) is 0 Å². The molecule has 0 spiro atoms. The fourth-order valence-electron chi connectivity index (χ4n) is 2.25. The fourth-order valence-corrected chi connectivity index (χ4v) is 2.25. The Hall–Kier alpha value is -2.08. The zero-order valence-electron chi connectivity index (χ0n) is 12.4. The first-order valence-corrected chi connectivity index (χ1v) is 6.83. The summed E-state index contributed by atoms with van der Waals surface area (Å²) in [6, 6.07) is 5.88. The molecule has 2 heterocycles. The topological polar surface area (TPSA) is 66.6 Å². The van der Waals surface area contributed by atoms with Crippen LogP contribution in [0.5, 0.6) is 11.5 Å². The Kier molecular flexibility index (Phi) is 3.55. The van der Waals surface area contributed by atoms with Gasteiger partial charge in [0.05, 0.1) is 5.41 Å². The number of rotatable bonds is 4. The Morgan fingerprint density at radius 2 is 1.95 bits per heavy atom. The van der Waals surface area contributed by atoms with Gasteiger partial charge in [0.1, 0.15) is 19.8 Å². The molecule has 1 aromatic carbocycles. The van der Waals surface area contributed by atoms with Crippen molar-refractivity contribution in [1.82, 2.24) is 10.1 Å². The minimum absolute atomic E-state index is 0.334. The fraction of sp³-hybridized carbons (Fsp3) is 0.467. The van der Waals surface area contributed by atoms with Gasteiger partial charge in [-0.3, -0.25) is 0 Å². The van der Waals surface area contributed by atoms with Gasteiger partial charge < -0.3 is 18.7 Å². The highest BCUT2D eigenvalue weighted by atomic mass is 16.6. The summed E-state index contributed by atoms with van der Waals surface area (Å²) in [7, 11) is 1.60. The third-order valence-electron chi connectivity index (χ3n) is 3.54. The highest BCUT2D eigenvalue weighted by Crippen LogP contribution is 2.37. The maximum Gasteiger partial charge on any atom is 0.236 e. The molecule has 1 aliphatic heterocycles. The minimum atomic E-state index is -0.422. The van der Waals surface area contributed by atoms with Crippen LogP contribution in [0.3, 0.4) is 0 Å². The van der Waals surface area contributed by atoms with E-state index in [4.69, 9.17) is 18.7 Å². The van der Waals surface area contributed by atoms with E-state index in [1.807, 2.05) is 32.0 Å². The highest BCUT2D eigenvalue weighted by molar-refractivity contribution is 5.47. The van der Waals surface area contributed by atoms with Gasteiger partial charge in [-0.2, -0.15) is 4.98 Å². The van der Waals surface area contributed by atoms with Gasteiger partial charge in [-0.05, 0) is 31.5 Å². The van der Waals surface area contributed by atoms with E-state index in [0.717, 1.165) is 17.1 Å². The summed E-state index contributed by atoms with van der Waals surface area (Å²) in [5, 5.41) is 3.92. The second-order valence-electron chi connectivity index (χ2n) is 5.43. The third kappa shape index (κ3) is 2.58. The second-order valence-corrected chi connectivity index (χ2v) is 5.43. The SMILES string of the molecule is COCc1noc(C(C)(C)c2ccc3c(c2)OCCO3)n1. The zero-order chi connectivity index (χ0) is 14.9. The molecule has 0 aliphatic carbocycles. The molecule has 0 radical (unpaired) electrons. The van der Waals surface area contributed by atoms with Crippen LogP contribution in [0.25, 0.3) is 0 Å². The Bertz CT molecular complexity index is 636. The molecular formula is C15H18N2O4. The molecule has 0 N–H and O–H groups in total. The number of nitrogens with zero attached hydrogens (tertiary/aromatic N) is 2. The number of benzene rings is 1. The lowest BCUT2D eigenvalue weighted by Gasteiger charge is -2.24.